The predicted molar refractivity (Wildman–Crippen MR) is 137 cm³/mol. The van der Waals surface area contributed by atoms with Crippen molar-refractivity contribution < 1.29 is 14.7 Å². The molecule has 1 aromatic carbocycles. The van der Waals surface area contributed by atoms with Gasteiger partial charge in [0.15, 0.2) is 0 Å². The number of allylic oxidation sites excluding steroid dienone is 1. The molecule has 4 rings (SSSR count). The van der Waals surface area contributed by atoms with Crippen LogP contribution in [0.1, 0.15) is 32.3 Å². The van der Waals surface area contributed by atoms with Crippen molar-refractivity contribution in [3.8, 4) is 6.07 Å². The monoisotopic (exact) mass is 486 g/mol. The molecule has 0 unspecified atom stereocenters. The molecule has 1 saturated heterocycles. The van der Waals surface area contributed by atoms with E-state index in [-0.39, 0.29) is 6.17 Å². The third-order valence-electron chi connectivity index (χ3n) is 7.27. The molecule has 1 aliphatic heterocycles. The number of pyridine rings is 1. The van der Waals surface area contributed by atoms with E-state index in [1.807, 2.05) is 42.3 Å². The van der Waals surface area contributed by atoms with E-state index in [0.29, 0.717) is 30.0 Å². The summed E-state index contributed by atoms with van der Waals surface area (Å²) in [7, 11) is 2.02. The van der Waals surface area contributed by atoms with Crippen molar-refractivity contribution in [1.29, 1.82) is 5.26 Å². The molecule has 2 N–H and O–H groups in total. The first-order valence-corrected chi connectivity index (χ1v) is 11.9. The molecule has 36 heavy (non-hydrogen) atoms. The topological polar surface area (TPSA) is 113 Å². The van der Waals surface area contributed by atoms with Crippen LogP contribution in [0.2, 0.25) is 0 Å². The molecule has 0 radical (unpaired) electrons. The van der Waals surface area contributed by atoms with Crippen LogP contribution in [0.3, 0.4) is 0 Å². The first kappa shape index (κ1) is 24.9. The van der Waals surface area contributed by atoms with Gasteiger partial charge in [0, 0.05) is 29.8 Å². The smallest absolute Gasteiger partial charge is 0.326 e. The van der Waals surface area contributed by atoms with Gasteiger partial charge in [-0.15, -0.1) is 0 Å². The van der Waals surface area contributed by atoms with Crippen molar-refractivity contribution in [3.05, 3.63) is 77.8 Å². The highest BCUT2D eigenvalue weighted by atomic mass is 16.4. The third-order valence-corrected chi connectivity index (χ3v) is 7.27. The second-order valence-electron chi connectivity index (χ2n) is 8.99. The van der Waals surface area contributed by atoms with Crippen LogP contribution in [0.15, 0.2) is 72.2 Å². The molecule has 1 aromatic heterocycles. The number of amides is 1. The van der Waals surface area contributed by atoms with Crippen LogP contribution in [0.25, 0.3) is 0 Å². The van der Waals surface area contributed by atoms with E-state index in [1.54, 1.807) is 37.4 Å². The molecule has 1 aliphatic carbocycles. The summed E-state index contributed by atoms with van der Waals surface area (Å²) in [6.07, 6.45) is 7.43. The summed E-state index contributed by atoms with van der Waals surface area (Å²) in [5.41, 5.74) is 2.55. The number of likely N-dealkylation sites (N-methyl/N-ethyl adjacent to an activating group) is 1. The summed E-state index contributed by atoms with van der Waals surface area (Å²) in [6.45, 7) is 4.25. The molecule has 186 valence electrons. The molecule has 0 bridgehead atoms. The number of nitrogens with one attached hydrogen (secondary N) is 1. The maximum absolute atomic E-state index is 12.2. The van der Waals surface area contributed by atoms with Gasteiger partial charge in [0.2, 0.25) is 6.41 Å². The minimum absolute atomic E-state index is 0.259. The minimum Gasteiger partial charge on any atom is -0.480 e. The van der Waals surface area contributed by atoms with Crippen LogP contribution in [-0.4, -0.2) is 63.6 Å². The normalized spacial score (nSPS) is 22.1. The van der Waals surface area contributed by atoms with Crippen LogP contribution in [-0.2, 0) is 9.59 Å². The molecular weight excluding hydrogens is 456 g/mol. The first-order valence-electron chi connectivity index (χ1n) is 11.9. The number of benzene rings is 1. The number of fused-ring (bicyclic) bond motifs is 1. The maximum Gasteiger partial charge on any atom is 0.326 e. The highest BCUT2D eigenvalue weighted by Gasteiger charge is 2.54. The lowest BCUT2D eigenvalue weighted by Crippen LogP contribution is -2.50. The average molecular weight is 487 g/mol. The number of carboxylic acid groups (broad SMARTS) is 1. The Hall–Kier alpha value is -4.16. The fraction of sp³-hybridized carbons (Fsp3) is 0.333. The average Bonchev–Trinajstić information content (AvgIpc) is 3.15. The molecule has 1 fully saturated rings. The predicted octanol–water partition coefficient (Wildman–Crippen LogP) is 3.40. The Morgan fingerprint density at radius 2 is 2.11 bits per heavy atom. The Kier molecular flexibility index (Phi) is 7.08. The number of hydrogen-bond acceptors (Lipinski definition) is 7. The second kappa shape index (κ2) is 10.2. The van der Waals surface area contributed by atoms with Crippen LogP contribution in [0.5, 0.6) is 0 Å². The first-order chi connectivity index (χ1) is 17.4. The summed E-state index contributed by atoms with van der Waals surface area (Å²) in [4.78, 5) is 34.3. The van der Waals surface area contributed by atoms with Gasteiger partial charge in [-0.1, -0.05) is 19.1 Å². The molecule has 9 heteroatoms. The van der Waals surface area contributed by atoms with Gasteiger partial charge in [-0.3, -0.25) is 14.6 Å². The van der Waals surface area contributed by atoms with E-state index in [0.717, 1.165) is 24.2 Å². The fourth-order valence-electron chi connectivity index (χ4n) is 5.16. The van der Waals surface area contributed by atoms with Crippen LogP contribution in [0, 0.1) is 11.3 Å². The lowest BCUT2D eigenvalue weighted by Gasteiger charge is -2.39. The van der Waals surface area contributed by atoms with Crippen LogP contribution >= 0.6 is 0 Å². The standard InChI is InChI=1S/C27H30N6O3/c1-4-27-13-12-22(32(18-34)24-7-5-6-14-29-24)15-23(27)33(19(2)26(35)36)25(31(27)3)17-30-21-10-8-20(16-28)9-11-21/h5-12,14-15,18-19,25,30H,4,13,17H2,1-3H3,(H,35,36)/t19-,25-,27-/m0/s1. The van der Waals surface area contributed by atoms with Crippen molar-refractivity contribution in [1.82, 2.24) is 14.8 Å². The Morgan fingerprint density at radius 3 is 2.69 bits per heavy atom. The van der Waals surface area contributed by atoms with Gasteiger partial charge < -0.3 is 15.3 Å². The summed E-state index contributed by atoms with van der Waals surface area (Å²) in [5, 5.41) is 22.5. The maximum atomic E-state index is 12.2. The Balaban J connectivity index is 1.71. The summed E-state index contributed by atoms with van der Waals surface area (Å²) < 4.78 is 0. The second-order valence-corrected chi connectivity index (χ2v) is 8.99. The van der Waals surface area contributed by atoms with Gasteiger partial charge >= 0.3 is 5.97 Å². The molecule has 0 saturated carbocycles. The Labute approximate surface area is 210 Å². The summed E-state index contributed by atoms with van der Waals surface area (Å²) in [6, 6.07) is 13.9. The number of rotatable bonds is 9. The lowest BCUT2D eigenvalue weighted by atomic mass is 9.83. The minimum atomic E-state index is -0.923. The number of aliphatic carboxylic acids is 1. The number of carbonyl (C=O) groups excluding carboxylic acids is 1. The number of aromatic nitrogens is 1. The number of anilines is 2. The number of carboxylic acids is 1. The fourth-order valence-corrected chi connectivity index (χ4v) is 5.16. The van der Waals surface area contributed by atoms with Crippen molar-refractivity contribution >= 4 is 23.9 Å². The third kappa shape index (κ3) is 4.32. The molecule has 2 aromatic rings. The van der Waals surface area contributed by atoms with Crippen molar-refractivity contribution in [2.45, 2.75) is 44.4 Å². The van der Waals surface area contributed by atoms with Gasteiger partial charge in [-0.2, -0.15) is 5.26 Å². The van der Waals surface area contributed by atoms with Gasteiger partial charge in [0.1, 0.15) is 18.0 Å². The summed E-state index contributed by atoms with van der Waals surface area (Å²) >= 11 is 0. The van der Waals surface area contributed by atoms with E-state index in [2.05, 4.69) is 28.2 Å². The van der Waals surface area contributed by atoms with E-state index in [9.17, 15) is 14.7 Å². The molecule has 0 spiro atoms. The van der Waals surface area contributed by atoms with Crippen molar-refractivity contribution in [2.75, 3.05) is 23.8 Å². The summed E-state index contributed by atoms with van der Waals surface area (Å²) in [5.74, 6) is -0.421. The molecule has 9 nitrogen and oxygen atoms in total. The quantitative estimate of drug-likeness (QED) is 0.519. The zero-order valence-electron chi connectivity index (χ0n) is 20.6. The van der Waals surface area contributed by atoms with Crippen molar-refractivity contribution in [3.63, 3.8) is 0 Å². The van der Waals surface area contributed by atoms with Crippen LogP contribution < -0.4 is 10.2 Å². The van der Waals surface area contributed by atoms with Crippen LogP contribution in [0.4, 0.5) is 11.5 Å². The van der Waals surface area contributed by atoms with Crippen molar-refractivity contribution in [2.24, 2.45) is 0 Å². The molecular formula is C27H30N6O3. The largest absolute Gasteiger partial charge is 0.480 e. The Morgan fingerprint density at radius 1 is 1.36 bits per heavy atom. The highest BCUT2D eigenvalue weighted by Crippen LogP contribution is 2.47. The van der Waals surface area contributed by atoms with E-state index >= 15 is 0 Å². The van der Waals surface area contributed by atoms with E-state index in [1.165, 1.54) is 4.90 Å². The molecule has 1 amide bonds. The number of carbonyl (C=O) groups is 2. The van der Waals surface area contributed by atoms with E-state index < -0.39 is 17.6 Å². The van der Waals surface area contributed by atoms with Gasteiger partial charge in [0.05, 0.1) is 17.2 Å². The molecule has 3 atom stereocenters. The van der Waals surface area contributed by atoms with E-state index in [4.69, 9.17) is 5.26 Å². The van der Waals surface area contributed by atoms with Gasteiger partial charge in [0.25, 0.3) is 0 Å². The number of nitrogens with zero attached hydrogens (tertiary/aromatic N) is 5. The lowest BCUT2D eigenvalue weighted by molar-refractivity contribution is -0.142. The SMILES string of the molecule is CC[C@]12CC=C(N(C=O)c3ccccn3)C=C1N([C@@H](C)C(=O)O)[C@@H](CNc1ccc(C#N)cc1)N2C. The van der Waals surface area contributed by atoms with Gasteiger partial charge in [-0.25, -0.2) is 9.78 Å². The molecule has 2 heterocycles. The highest BCUT2D eigenvalue weighted by molar-refractivity contribution is 5.80. The zero-order chi connectivity index (χ0) is 25.9. The zero-order valence-corrected chi connectivity index (χ0v) is 20.6. The molecule has 2 aliphatic rings. The number of nitriles is 1. The number of hydrogen-bond donors (Lipinski definition) is 2. The Bertz CT molecular complexity index is 1220. The van der Waals surface area contributed by atoms with Gasteiger partial charge in [-0.05, 0) is 69.3 Å².